The predicted molar refractivity (Wildman–Crippen MR) is 105 cm³/mol. The van der Waals surface area contributed by atoms with Gasteiger partial charge in [-0.1, -0.05) is 52.0 Å². The van der Waals surface area contributed by atoms with Crippen molar-refractivity contribution >= 4 is 17.8 Å². The van der Waals surface area contributed by atoms with E-state index in [-0.39, 0.29) is 23.4 Å². The fraction of sp³-hybridized carbons (Fsp3) is 0.571. The Morgan fingerprint density at radius 1 is 1.11 bits per heavy atom. The molecule has 6 nitrogen and oxygen atoms in total. The molecular weight excluding hydrogens is 342 g/mol. The predicted octanol–water partition coefficient (Wildman–Crippen LogP) is 3.06. The van der Waals surface area contributed by atoms with Gasteiger partial charge in [-0.2, -0.15) is 0 Å². The summed E-state index contributed by atoms with van der Waals surface area (Å²) >= 11 is 0. The van der Waals surface area contributed by atoms with E-state index in [4.69, 9.17) is 0 Å². The molecule has 148 valence electrons. The van der Waals surface area contributed by atoms with Crippen LogP contribution in [-0.2, 0) is 20.5 Å². The number of carbonyl (C=O) groups excluding carboxylic acids is 3. The van der Waals surface area contributed by atoms with E-state index in [0.29, 0.717) is 5.56 Å². The highest BCUT2D eigenvalue weighted by Gasteiger charge is 2.49. The van der Waals surface area contributed by atoms with E-state index in [1.165, 1.54) is 0 Å². The molecule has 0 aromatic heterocycles. The summed E-state index contributed by atoms with van der Waals surface area (Å²) in [6.45, 7) is 13.5. The average Bonchev–Trinajstić information content (AvgIpc) is 2.78. The lowest BCUT2D eigenvalue weighted by Crippen LogP contribution is -2.49. The Morgan fingerprint density at radius 3 is 2.15 bits per heavy atom. The number of benzene rings is 1. The maximum absolute atomic E-state index is 13.0. The van der Waals surface area contributed by atoms with Crippen molar-refractivity contribution in [1.82, 2.24) is 15.5 Å². The monoisotopic (exact) mass is 373 g/mol. The maximum Gasteiger partial charge on any atom is 0.325 e. The summed E-state index contributed by atoms with van der Waals surface area (Å²) in [5, 5.41) is 5.60. The van der Waals surface area contributed by atoms with Crippen LogP contribution in [0, 0.1) is 0 Å². The highest BCUT2D eigenvalue weighted by atomic mass is 16.2. The van der Waals surface area contributed by atoms with Gasteiger partial charge in [0, 0.05) is 5.54 Å². The summed E-state index contributed by atoms with van der Waals surface area (Å²) in [7, 11) is 0. The van der Waals surface area contributed by atoms with E-state index in [9.17, 15) is 14.4 Å². The second-order valence-electron chi connectivity index (χ2n) is 9.06. The van der Waals surface area contributed by atoms with Gasteiger partial charge in [0.15, 0.2) is 0 Å². The van der Waals surface area contributed by atoms with Crippen molar-refractivity contribution in [2.45, 2.75) is 71.4 Å². The number of amides is 4. The molecule has 1 saturated heterocycles. The molecule has 1 aromatic carbocycles. The van der Waals surface area contributed by atoms with E-state index in [1.54, 1.807) is 6.92 Å². The molecule has 1 unspecified atom stereocenters. The zero-order valence-corrected chi connectivity index (χ0v) is 17.4. The zero-order valence-electron chi connectivity index (χ0n) is 17.4. The molecule has 6 heteroatoms. The van der Waals surface area contributed by atoms with Crippen LogP contribution in [-0.4, -0.2) is 34.8 Å². The topological polar surface area (TPSA) is 78.5 Å². The standard InChI is InChI=1S/C21H31N3O3/c1-8-20(5,6)22-16(25)13-24-17(26)21(7,23-18(24)27)15-11-9-14(10-12-15)19(2,3)4/h9-12H,8,13H2,1-7H3,(H,22,25)(H,23,27). The lowest BCUT2D eigenvalue weighted by Gasteiger charge is -2.26. The van der Waals surface area contributed by atoms with Gasteiger partial charge < -0.3 is 10.6 Å². The Hall–Kier alpha value is -2.37. The SMILES string of the molecule is CCC(C)(C)NC(=O)CN1C(=O)NC(C)(c2ccc(C(C)(C)C)cc2)C1=O. The third kappa shape index (κ3) is 4.31. The number of urea groups is 1. The van der Waals surface area contributed by atoms with Crippen molar-refractivity contribution in [3.8, 4) is 0 Å². The van der Waals surface area contributed by atoms with Gasteiger partial charge in [-0.05, 0) is 43.7 Å². The molecule has 0 bridgehead atoms. The van der Waals surface area contributed by atoms with E-state index < -0.39 is 17.5 Å². The third-order valence-electron chi connectivity index (χ3n) is 5.27. The molecular formula is C21H31N3O3. The summed E-state index contributed by atoms with van der Waals surface area (Å²) in [6, 6.07) is 7.12. The van der Waals surface area contributed by atoms with Crippen LogP contribution in [0.5, 0.6) is 0 Å². The van der Waals surface area contributed by atoms with Crippen molar-refractivity contribution in [3.63, 3.8) is 0 Å². The molecule has 1 fully saturated rings. The van der Waals surface area contributed by atoms with Crippen molar-refractivity contribution < 1.29 is 14.4 Å². The molecule has 0 aliphatic carbocycles. The first-order chi connectivity index (χ1) is 12.3. The van der Waals surface area contributed by atoms with Crippen LogP contribution < -0.4 is 10.6 Å². The van der Waals surface area contributed by atoms with Crippen molar-refractivity contribution in [2.75, 3.05) is 6.54 Å². The molecule has 1 atom stereocenters. The highest BCUT2D eigenvalue weighted by molar-refractivity contribution is 6.09. The largest absolute Gasteiger partial charge is 0.350 e. The lowest BCUT2D eigenvalue weighted by atomic mass is 9.84. The first-order valence-corrected chi connectivity index (χ1v) is 9.36. The molecule has 1 aliphatic heterocycles. The van der Waals surface area contributed by atoms with Crippen LogP contribution in [0.2, 0.25) is 0 Å². The fourth-order valence-electron chi connectivity index (χ4n) is 2.99. The molecule has 1 aliphatic rings. The average molecular weight is 373 g/mol. The molecule has 1 aromatic rings. The molecule has 4 amide bonds. The van der Waals surface area contributed by atoms with Gasteiger partial charge in [0.05, 0.1) is 0 Å². The summed E-state index contributed by atoms with van der Waals surface area (Å²) in [4.78, 5) is 38.6. The molecule has 1 heterocycles. The number of rotatable bonds is 5. The fourth-order valence-corrected chi connectivity index (χ4v) is 2.99. The minimum Gasteiger partial charge on any atom is -0.350 e. The van der Waals surface area contributed by atoms with Crippen LogP contribution in [0.25, 0.3) is 0 Å². The summed E-state index contributed by atoms with van der Waals surface area (Å²) in [5.41, 5.74) is 0.282. The smallest absolute Gasteiger partial charge is 0.325 e. The number of carbonyl (C=O) groups is 3. The normalized spacial score (nSPS) is 20.6. The van der Waals surface area contributed by atoms with Gasteiger partial charge >= 0.3 is 6.03 Å². The second kappa shape index (κ2) is 6.98. The zero-order chi connectivity index (χ0) is 20.6. The first kappa shape index (κ1) is 20.9. The Labute approximate surface area is 161 Å². The number of hydrogen-bond acceptors (Lipinski definition) is 3. The number of imide groups is 1. The third-order valence-corrected chi connectivity index (χ3v) is 5.27. The van der Waals surface area contributed by atoms with Crippen molar-refractivity contribution in [1.29, 1.82) is 0 Å². The van der Waals surface area contributed by atoms with Crippen molar-refractivity contribution in [2.24, 2.45) is 0 Å². The Kier molecular flexibility index (Phi) is 5.41. The van der Waals surface area contributed by atoms with E-state index in [0.717, 1.165) is 16.9 Å². The molecule has 27 heavy (non-hydrogen) atoms. The van der Waals surface area contributed by atoms with E-state index in [1.807, 2.05) is 45.0 Å². The second-order valence-corrected chi connectivity index (χ2v) is 9.06. The maximum atomic E-state index is 13.0. The van der Waals surface area contributed by atoms with E-state index >= 15 is 0 Å². The van der Waals surface area contributed by atoms with Gasteiger partial charge in [-0.15, -0.1) is 0 Å². The molecule has 0 radical (unpaired) electrons. The Bertz CT molecular complexity index is 747. The minimum absolute atomic E-state index is 0.00142. The van der Waals surface area contributed by atoms with Gasteiger partial charge in [-0.25, -0.2) is 4.79 Å². The Balaban J connectivity index is 2.20. The van der Waals surface area contributed by atoms with Crippen LogP contribution >= 0.6 is 0 Å². The quantitative estimate of drug-likeness (QED) is 0.779. The summed E-state index contributed by atoms with van der Waals surface area (Å²) < 4.78 is 0. The van der Waals surface area contributed by atoms with Gasteiger partial charge in [0.2, 0.25) is 5.91 Å². The molecule has 0 spiro atoms. The van der Waals surface area contributed by atoms with Crippen LogP contribution in [0.4, 0.5) is 4.79 Å². The van der Waals surface area contributed by atoms with Gasteiger partial charge in [0.1, 0.15) is 12.1 Å². The number of hydrogen-bond donors (Lipinski definition) is 2. The minimum atomic E-state index is -1.17. The van der Waals surface area contributed by atoms with Gasteiger partial charge in [-0.3, -0.25) is 14.5 Å². The molecule has 2 N–H and O–H groups in total. The first-order valence-electron chi connectivity index (χ1n) is 9.36. The van der Waals surface area contributed by atoms with Gasteiger partial charge in [0.25, 0.3) is 5.91 Å². The number of nitrogens with zero attached hydrogens (tertiary/aromatic N) is 1. The number of nitrogens with one attached hydrogen (secondary N) is 2. The molecule has 2 rings (SSSR count). The van der Waals surface area contributed by atoms with Crippen molar-refractivity contribution in [3.05, 3.63) is 35.4 Å². The molecule has 0 saturated carbocycles. The van der Waals surface area contributed by atoms with Crippen LogP contribution in [0.1, 0.15) is 66.0 Å². The summed E-state index contributed by atoms with van der Waals surface area (Å²) in [5.74, 6) is -0.766. The summed E-state index contributed by atoms with van der Waals surface area (Å²) in [6.07, 6.45) is 0.747. The van der Waals surface area contributed by atoms with Crippen LogP contribution in [0.15, 0.2) is 24.3 Å². The van der Waals surface area contributed by atoms with E-state index in [2.05, 4.69) is 31.4 Å². The van der Waals surface area contributed by atoms with Crippen LogP contribution in [0.3, 0.4) is 0 Å². The highest BCUT2D eigenvalue weighted by Crippen LogP contribution is 2.31. The lowest BCUT2D eigenvalue weighted by molar-refractivity contribution is -0.135. The Morgan fingerprint density at radius 2 is 1.67 bits per heavy atom.